The maximum Gasteiger partial charge on any atom is 0.416 e. The van der Waals surface area contributed by atoms with Crippen molar-refractivity contribution < 1.29 is 23.1 Å². The quantitative estimate of drug-likeness (QED) is 0.275. The molecule has 0 aliphatic carbocycles. The van der Waals surface area contributed by atoms with E-state index in [2.05, 4.69) is 15.3 Å². The summed E-state index contributed by atoms with van der Waals surface area (Å²) in [5, 5.41) is 14.0. The Balaban J connectivity index is 1.82. The van der Waals surface area contributed by atoms with Gasteiger partial charge >= 0.3 is 12.1 Å². The summed E-state index contributed by atoms with van der Waals surface area (Å²) in [5.41, 5.74) is 1.59. The maximum atomic E-state index is 13.5. The first-order valence-corrected chi connectivity index (χ1v) is 12.0. The number of nitrogens with zero attached hydrogens (tertiary/aromatic N) is 2. The number of carboxylic acids is 1. The first-order valence-electron chi connectivity index (χ1n) is 10.8. The molecule has 0 bridgehead atoms. The topological polar surface area (TPSA) is 75.1 Å². The van der Waals surface area contributed by atoms with E-state index in [0.717, 1.165) is 27.6 Å². The highest BCUT2D eigenvalue weighted by molar-refractivity contribution is 7.19. The molecule has 2 aromatic heterocycles. The van der Waals surface area contributed by atoms with Crippen LogP contribution in [0.25, 0.3) is 21.3 Å². The van der Waals surface area contributed by atoms with Crippen LogP contribution < -0.4 is 5.32 Å². The highest BCUT2D eigenvalue weighted by Crippen LogP contribution is 2.43. The van der Waals surface area contributed by atoms with E-state index < -0.39 is 23.8 Å². The molecule has 0 fully saturated rings. The average Bonchev–Trinajstić information content (AvgIpc) is 3.19. The minimum absolute atomic E-state index is 0.115. The zero-order valence-corrected chi connectivity index (χ0v) is 20.4. The molecule has 0 unspecified atom stereocenters. The van der Waals surface area contributed by atoms with E-state index >= 15 is 0 Å². The summed E-state index contributed by atoms with van der Waals surface area (Å²) in [7, 11) is 0. The molecular weight excluding hydrogens is 499 g/mol. The molecule has 2 heterocycles. The van der Waals surface area contributed by atoms with Crippen molar-refractivity contribution in [1.82, 2.24) is 9.97 Å². The number of aromatic nitrogens is 2. The molecule has 0 radical (unpaired) electrons. The molecule has 0 spiro atoms. The predicted octanol–water partition coefficient (Wildman–Crippen LogP) is 7.01. The lowest BCUT2D eigenvalue weighted by atomic mass is 9.97. The Morgan fingerprint density at radius 1 is 1.17 bits per heavy atom. The van der Waals surface area contributed by atoms with E-state index in [1.54, 1.807) is 6.07 Å². The molecule has 5 nitrogen and oxygen atoms in total. The van der Waals surface area contributed by atoms with Crippen LogP contribution in [0.2, 0.25) is 5.02 Å². The van der Waals surface area contributed by atoms with Crippen molar-refractivity contribution in [3.05, 3.63) is 75.4 Å². The van der Waals surface area contributed by atoms with Gasteiger partial charge < -0.3 is 10.4 Å². The Hall–Kier alpha value is -3.17. The van der Waals surface area contributed by atoms with Crippen LogP contribution in [0.1, 0.15) is 28.5 Å². The Kier molecular flexibility index (Phi) is 7.00. The van der Waals surface area contributed by atoms with Crippen LogP contribution in [-0.2, 0) is 23.8 Å². The number of alkyl halides is 3. The molecule has 10 heteroatoms. The van der Waals surface area contributed by atoms with Crippen LogP contribution in [0.15, 0.2) is 48.8 Å². The second-order valence-electron chi connectivity index (χ2n) is 7.96. The summed E-state index contributed by atoms with van der Waals surface area (Å²) in [5.74, 6) is -1.04. The number of aliphatic carboxylic acids is 1. The zero-order valence-electron chi connectivity index (χ0n) is 18.8. The van der Waals surface area contributed by atoms with Crippen molar-refractivity contribution in [3.8, 4) is 11.1 Å². The van der Waals surface area contributed by atoms with E-state index in [-0.39, 0.29) is 17.8 Å². The second kappa shape index (κ2) is 9.83. The Bertz CT molecular complexity index is 1400. The fourth-order valence-corrected chi connectivity index (χ4v) is 5.33. The summed E-state index contributed by atoms with van der Waals surface area (Å²) < 4.78 is 40.5. The summed E-state index contributed by atoms with van der Waals surface area (Å²) in [6, 6.07) is 9.16. The van der Waals surface area contributed by atoms with Crippen LogP contribution in [-0.4, -0.2) is 27.1 Å². The summed E-state index contributed by atoms with van der Waals surface area (Å²) in [4.78, 5) is 22.4. The SMILES string of the molecule is CCc1sc2ncnc(N[C@H](Cc3ccccc3C(F)(F)F)C(=O)O)c2c1-c1cccc(Cl)c1C. The van der Waals surface area contributed by atoms with Crippen molar-refractivity contribution in [2.24, 2.45) is 0 Å². The van der Waals surface area contributed by atoms with Gasteiger partial charge in [0.25, 0.3) is 0 Å². The lowest BCUT2D eigenvalue weighted by Crippen LogP contribution is -2.32. The smallest absolute Gasteiger partial charge is 0.416 e. The number of anilines is 1. The van der Waals surface area contributed by atoms with Crippen LogP contribution in [0.5, 0.6) is 0 Å². The summed E-state index contributed by atoms with van der Waals surface area (Å²) >= 11 is 7.83. The number of halogens is 4. The standard InChI is InChI=1S/C25H21ClF3N3O2S/c1-3-19-20(15-8-6-10-17(26)13(15)2)21-22(30-12-31-23(21)35-19)32-18(24(33)34)11-14-7-4-5-9-16(14)25(27,28)29/h4-10,12,18H,3,11H2,1-2H3,(H,33,34)(H,30,31,32)/t18-/m1/s1. The number of thiophene rings is 1. The second-order valence-corrected chi connectivity index (χ2v) is 9.45. The van der Waals surface area contributed by atoms with Crippen molar-refractivity contribution in [3.63, 3.8) is 0 Å². The van der Waals surface area contributed by atoms with Gasteiger partial charge in [0.1, 0.15) is 23.0 Å². The van der Waals surface area contributed by atoms with Crippen LogP contribution in [0.4, 0.5) is 19.0 Å². The number of carbonyl (C=O) groups is 1. The highest BCUT2D eigenvalue weighted by atomic mass is 35.5. The number of nitrogens with one attached hydrogen (secondary N) is 1. The van der Waals surface area contributed by atoms with Gasteiger partial charge in [-0.05, 0) is 42.2 Å². The van der Waals surface area contributed by atoms with Crippen LogP contribution in [0.3, 0.4) is 0 Å². The van der Waals surface area contributed by atoms with Gasteiger partial charge in [0.2, 0.25) is 0 Å². The zero-order chi connectivity index (χ0) is 25.3. The molecule has 4 aromatic rings. The van der Waals surface area contributed by atoms with E-state index in [0.29, 0.717) is 21.7 Å². The molecule has 0 saturated carbocycles. The molecule has 2 aromatic carbocycles. The molecule has 0 amide bonds. The van der Waals surface area contributed by atoms with E-state index in [1.165, 1.54) is 35.9 Å². The van der Waals surface area contributed by atoms with Gasteiger partial charge in [-0.25, -0.2) is 14.8 Å². The summed E-state index contributed by atoms with van der Waals surface area (Å²) in [6.07, 6.45) is -2.96. The van der Waals surface area contributed by atoms with Crippen LogP contribution >= 0.6 is 22.9 Å². The van der Waals surface area contributed by atoms with Crippen LogP contribution in [0, 0.1) is 6.92 Å². The number of rotatable bonds is 7. The predicted molar refractivity (Wildman–Crippen MR) is 132 cm³/mol. The van der Waals surface area contributed by atoms with Gasteiger partial charge in [-0.2, -0.15) is 13.2 Å². The van der Waals surface area contributed by atoms with Crippen molar-refractivity contribution in [1.29, 1.82) is 0 Å². The molecule has 2 N–H and O–H groups in total. The minimum Gasteiger partial charge on any atom is -0.480 e. The highest BCUT2D eigenvalue weighted by Gasteiger charge is 2.34. The number of fused-ring (bicyclic) bond motifs is 1. The third kappa shape index (κ3) is 4.97. The number of benzene rings is 2. The number of hydrogen-bond acceptors (Lipinski definition) is 5. The molecule has 4 rings (SSSR count). The van der Waals surface area contributed by atoms with Gasteiger partial charge in [0.15, 0.2) is 0 Å². The molecule has 0 saturated heterocycles. The molecule has 1 atom stereocenters. The lowest BCUT2D eigenvalue weighted by Gasteiger charge is -2.19. The largest absolute Gasteiger partial charge is 0.480 e. The summed E-state index contributed by atoms with van der Waals surface area (Å²) in [6.45, 7) is 3.90. The number of aryl methyl sites for hydroxylation is 1. The fourth-order valence-electron chi connectivity index (χ4n) is 4.06. The van der Waals surface area contributed by atoms with Crippen molar-refractivity contribution >= 4 is 44.9 Å². The number of carboxylic acid groups (broad SMARTS) is 1. The van der Waals surface area contributed by atoms with Crippen molar-refractivity contribution in [2.45, 2.75) is 38.9 Å². The molecule has 0 aliphatic rings. The van der Waals surface area contributed by atoms with Gasteiger partial charge in [0, 0.05) is 21.9 Å². The van der Waals surface area contributed by atoms with E-state index in [9.17, 15) is 23.1 Å². The fraction of sp³-hybridized carbons (Fsp3) is 0.240. The monoisotopic (exact) mass is 519 g/mol. The van der Waals surface area contributed by atoms with Gasteiger partial charge in [-0.3, -0.25) is 0 Å². The van der Waals surface area contributed by atoms with Gasteiger partial charge in [0.05, 0.1) is 10.9 Å². The lowest BCUT2D eigenvalue weighted by molar-refractivity contribution is -0.140. The maximum absolute atomic E-state index is 13.5. The third-order valence-corrected chi connectivity index (χ3v) is 7.43. The molecule has 0 aliphatic heterocycles. The normalized spacial score (nSPS) is 12.6. The first-order chi connectivity index (χ1) is 16.6. The number of hydrogen-bond donors (Lipinski definition) is 2. The third-order valence-electron chi connectivity index (χ3n) is 5.78. The molecule has 182 valence electrons. The Morgan fingerprint density at radius 3 is 2.60 bits per heavy atom. The minimum atomic E-state index is -4.59. The van der Waals surface area contributed by atoms with Gasteiger partial charge in [-0.1, -0.05) is 48.9 Å². The Morgan fingerprint density at radius 2 is 1.91 bits per heavy atom. The average molecular weight is 520 g/mol. The molecule has 35 heavy (non-hydrogen) atoms. The van der Waals surface area contributed by atoms with Crippen molar-refractivity contribution in [2.75, 3.05) is 5.32 Å². The van der Waals surface area contributed by atoms with E-state index in [4.69, 9.17) is 11.6 Å². The Labute approximate surface area is 208 Å². The van der Waals surface area contributed by atoms with E-state index in [1.807, 2.05) is 26.0 Å². The first kappa shape index (κ1) is 24.9. The van der Waals surface area contributed by atoms with Gasteiger partial charge in [-0.15, -0.1) is 11.3 Å². The molecular formula is C25H21ClF3N3O2S.